The van der Waals surface area contributed by atoms with Gasteiger partial charge in [-0.1, -0.05) is 67.6 Å². The van der Waals surface area contributed by atoms with Crippen molar-refractivity contribution in [1.82, 2.24) is 10.6 Å². The fourth-order valence-electron chi connectivity index (χ4n) is 3.45. The molecule has 0 spiro atoms. The van der Waals surface area contributed by atoms with E-state index < -0.39 is 54.1 Å². The van der Waals surface area contributed by atoms with Gasteiger partial charge in [0.2, 0.25) is 12.7 Å². The van der Waals surface area contributed by atoms with Crippen molar-refractivity contribution in [3.05, 3.63) is 71.8 Å². The van der Waals surface area contributed by atoms with Crippen LogP contribution in [0.4, 0.5) is 0 Å². The average Bonchev–Trinajstić information content (AvgIpc) is 2.86. The maximum Gasteiger partial charge on any atom is 0.326 e. The van der Waals surface area contributed by atoms with Crippen LogP contribution >= 0.6 is 0 Å². The Morgan fingerprint density at radius 2 is 1.32 bits per heavy atom. The van der Waals surface area contributed by atoms with E-state index >= 15 is 0 Å². The molecule has 1 unspecified atom stereocenters. The molecule has 0 aliphatic heterocycles. The molecule has 3 N–H and O–H groups in total. The van der Waals surface area contributed by atoms with E-state index in [1.807, 2.05) is 60.7 Å². The maximum atomic E-state index is 13.2. The van der Waals surface area contributed by atoms with Crippen LogP contribution in [0.2, 0.25) is 0 Å². The highest BCUT2D eigenvalue weighted by atomic mass is 16.7. The van der Waals surface area contributed by atoms with Crippen LogP contribution in [-0.2, 0) is 41.5 Å². The van der Waals surface area contributed by atoms with Gasteiger partial charge >= 0.3 is 17.9 Å². The molecule has 0 heterocycles. The largest absolute Gasteiger partial charge is 0.480 e. The number of hydrogen-bond acceptors (Lipinski definition) is 7. The lowest BCUT2D eigenvalue weighted by molar-refractivity contribution is -0.174. The van der Waals surface area contributed by atoms with Crippen molar-refractivity contribution in [2.75, 3.05) is 6.79 Å². The normalized spacial score (nSPS) is 13.6. The number of rotatable bonds is 13. The van der Waals surface area contributed by atoms with E-state index in [0.717, 1.165) is 11.1 Å². The molecule has 0 fully saturated rings. The van der Waals surface area contributed by atoms with Gasteiger partial charge in [0.25, 0.3) is 0 Å². The van der Waals surface area contributed by atoms with Gasteiger partial charge in [-0.2, -0.15) is 0 Å². The van der Waals surface area contributed by atoms with Crippen LogP contribution in [0.5, 0.6) is 0 Å². The van der Waals surface area contributed by atoms with Crippen LogP contribution in [-0.4, -0.2) is 53.8 Å². The Bertz CT molecular complexity index is 1040. The molecule has 0 aliphatic rings. The summed E-state index contributed by atoms with van der Waals surface area (Å²) in [6.07, 6.45) is 0.607. The molecule has 0 aromatic heterocycles. The Labute approximate surface area is 217 Å². The first-order chi connectivity index (χ1) is 17.5. The number of amides is 1. The fourth-order valence-corrected chi connectivity index (χ4v) is 3.45. The third-order valence-corrected chi connectivity index (χ3v) is 5.60. The highest BCUT2D eigenvalue weighted by molar-refractivity contribution is 5.88. The number of hydrogen-bond donors (Lipinski definition) is 3. The maximum absolute atomic E-state index is 13.2. The molecule has 2 aromatic carbocycles. The zero-order chi connectivity index (χ0) is 27.4. The molecule has 0 aliphatic carbocycles. The molecule has 0 saturated carbocycles. The fraction of sp³-hybridized carbons (Fsp3) is 0.429. The molecule has 9 heteroatoms. The molecular weight excluding hydrogens is 476 g/mol. The summed E-state index contributed by atoms with van der Waals surface area (Å²) in [7, 11) is 0. The number of carboxylic acid groups (broad SMARTS) is 1. The van der Waals surface area contributed by atoms with Gasteiger partial charge in [0.05, 0.1) is 11.5 Å². The second-order valence-corrected chi connectivity index (χ2v) is 9.72. The molecule has 3 atom stereocenters. The number of ether oxygens (including phenoxy) is 2. The van der Waals surface area contributed by atoms with Crippen LogP contribution in [0.15, 0.2) is 60.7 Å². The molecule has 37 heavy (non-hydrogen) atoms. The summed E-state index contributed by atoms with van der Waals surface area (Å²) in [5, 5.41) is 15.0. The van der Waals surface area contributed by atoms with Crippen molar-refractivity contribution in [2.24, 2.45) is 5.41 Å². The Balaban J connectivity index is 2.25. The van der Waals surface area contributed by atoms with Gasteiger partial charge in [-0.25, -0.2) is 4.79 Å². The Morgan fingerprint density at radius 3 is 1.78 bits per heavy atom. The first kappa shape index (κ1) is 29.5. The standard InChI is InChI=1S/C28H36N2O7/c1-5-21(25(32)33)30-24(31)22(16-19-12-8-6-9-13-19)29-23(17-20-14-10-7-11-15-20)26(34)36-18-37-27(35)28(2,3)4/h6-15,21-23,29H,5,16-18H2,1-4H3,(H,30,31)(H,32,33)/t21-,22-,23?/m0/s1. The molecular formula is C28H36N2O7. The zero-order valence-corrected chi connectivity index (χ0v) is 21.7. The Hall–Kier alpha value is -3.72. The lowest BCUT2D eigenvalue weighted by atomic mass is 9.98. The lowest BCUT2D eigenvalue weighted by Crippen LogP contribution is -2.55. The summed E-state index contributed by atoms with van der Waals surface area (Å²) < 4.78 is 10.3. The molecule has 0 saturated heterocycles. The van der Waals surface area contributed by atoms with Crippen LogP contribution in [0.25, 0.3) is 0 Å². The summed E-state index contributed by atoms with van der Waals surface area (Å²) >= 11 is 0. The van der Waals surface area contributed by atoms with E-state index in [4.69, 9.17) is 9.47 Å². The second-order valence-electron chi connectivity index (χ2n) is 9.72. The summed E-state index contributed by atoms with van der Waals surface area (Å²) in [6.45, 7) is 6.15. The van der Waals surface area contributed by atoms with Crippen molar-refractivity contribution in [1.29, 1.82) is 0 Å². The minimum absolute atomic E-state index is 0.196. The third-order valence-electron chi connectivity index (χ3n) is 5.60. The van der Waals surface area contributed by atoms with Gasteiger partial charge in [-0.05, 0) is 51.2 Å². The summed E-state index contributed by atoms with van der Waals surface area (Å²) in [5.41, 5.74) is 0.886. The van der Waals surface area contributed by atoms with Crippen LogP contribution in [0.1, 0.15) is 45.2 Å². The van der Waals surface area contributed by atoms with Crippen molar-refractivity contribution in [3.8, 4) is 0 Å². The number of aliphatic carboxylic acids is 1. The van der Waals surface area contributed by atoms with Crippen molar-refractivity contribution in [2.45, 2.75) is 65.1 Å². The van der Waals surface area contributed by atoms with Crippen LogP contribution < -0.4 is 10.6 Å². The van der Waals surface area contributed by atoms with Gasteiger partial charge in [0, 0.05) is 0 Å². The van der Waals surface area contributed by atoms with E-state index in [-0.39, 0.29) is 19.3 Å². The van der Waals surface area contributed by atoms with Gasteiger partial charge in [0.15, 0.2) is 0 Å². The monoisotopic (exact) mass is 512 g/mol. The number of nitrogens with one attached hydrogen (secondary N) is 2. The highest BCUT2D eigenvalue weighted by Crippen LogP contribution is 2.15. The molecule has 0 radical (unpaired) electrons. The third kappa shape index (κ3) is 10.0. The van der Waals surface area contributed by atoms with Crippen molar-refractivity contribution in [3.63, 3.8) is 0 Å². The van der Waals surface area contributed by atoms with E-state index in [2.05, 4.69) is 10.6 Å². The topological polar surface area (TPSA) is 131 Å². The van der Waals surface area contributed by atoms with Gasteiger partial charge in [-0.3, -0.25) is 19.7 Å². The first-order valence-electron chi connectivity index (χ1n) is 12.2. The number of carbonyl (C=O) groups excluding carboxylic acids is 3. The predicted molar refractivity (Wildman–Crippen MR) is 137 cm³/mol. The van der Waals surface area contributed by atoms with E-state index in [9.17, 15) is 24.3 Å². The second kappa shape index (κ2) is 14.1. The van der Waals surface area contributed by atoms with Gasteiger partial charge < -0.3 is 19.9 Å². The Morgan fingerprint density at radius 1 is 0.811 bits per heavy atom. The molecule has 9 nitrogen and oxygen atoms in total. The summed E-state index contributed by atoms with van der Waals surface area (Å²) in [4.78, 5) is 49.8. The smallest absolute Gasteiger partial charge is 0.326 e. The molecule has 200 valence electrons. The summed E-state index contributed by atoms with van der Waals surface area (Å²) in [6, 6.07) is 15.4. The molecule has 1 amide bonds. The highest BCUT2D eigenvalue weighted by Gasteiger charge is 2.31. The van der Waals surface area contributed by atoms with E-state index in [1.54, 1.807) is 27.7 Å². The van der Waals surface area contributed by atoms with Crippen molar-refractivity contribution < 1.29 is 33.8 Å². The summed E-state index contributed by atoms with van der Waals surface area (Å²) in [5.74, 6) is -2.92. The van der Waals surface area contributed by atoms with Crippen LogP contribution in [0, 0.1) is 5.41 Å². The van der Waals surface area contributed by atoms with Gasteiger partial charge in [-0.15, -0.1) is 0 Å². The predicted octanol–water partition coefficient (Wildman–Crippen LogP) is 2.87. The van der Waals surface area contributed by atoms with Gasteiger partial charge in [0.1, 0.15) is 12.1 Å². The minimum Gasteiger partial charge on any atom is -0.480 e. The number of carboxylic acids is 1. The van der Waals surface area contributed by atoms with Crippen LogP contribution in [0.3, 0.4) is 0 Å². The average molecular weight is 513 g/mol. The lowest BCUT2D eigenvalue weighted by Gasteiger charge is -2.26. The number of carbonyl (C=O) groups is 4. The first-order valence-corrected chi connectivity index (χ1v) is 12.2. The molecule has 0 bridgehead atoms. The van der Waals surface area contributed by atoms with E-state index in [1.165, 1.54) is 0 Å². The van der Waals surface area contributed by atoms with Crippen molar-refractivity contribution >= 4 is 23.8 Å². The minimum atomic E-state index is -1.14. The number of esters is 2. The molecule has 2 aromatic rings. The number of benzene rings is 2. The quantitative estimate of drug-likeness (QED) is 0.276. The SMILES string of the molecule is CC[C@H](NC(=O)[C@H](Cc1ccccc1)NC(Cc1ccccc1)C(=O)OCOC(=O)C(C)(C)C)C(=O)O. The zero-order valence-electron chi connectivity index (χ0n) is 21.7. The molecule has 2 rings (SSSR count). The van der Waals surface area contributed by atoms with E-state index in [0.29, 0.717) is 0 Å². The Kier molecular flexibility index (Phi) is 11.3.